The maximum atomic E-state index is 11.3. The SMILES string of the molecule is CCCOc1cc(-c2n[nH]nc2C(N)=O)ccc1OC. The van der Waals surface area contributed by atoms with Gasteiger partial charge in [0, 0.05) is 5.56 Å². The fourth-order valence-corrected chi connectivity index (χ4v) is 1.75. The Morgan fingerprint density at radius 1 is 1.35 bits per heavy atom. The summed E-state index contributed by atoms with van der Waals surface area (Å²) in [6.45, 7) is 2.58. The summed E-state index contributed by atoms with van der Waals surface area (Å²) in [6.07, 6.45) is 0.879. The summed E-state index contributed by atoms with van der Waals surface area (Å²) in [4.78, 5) is 11.3. The number of ether oxygens (including phenoxy) is 2. The maximum absolute atomic E-state index is 11.3. The van der Waals surface area contributed by atoms with Crippen LogP contribution in [0.2, 0.25) is 0 Å². The molecule has 0 aliphatic heterocycles. The average Bonchev–Trinajstić information content (AvgIpc) is 2.94. The van der Waals surface area contributed by atoms with E-state index in [0.29, 0.717) is 29.4 Å². The lowest BCUT2D eigenvalue weighted by molar-refractivity contribution is 0.0996. The van der Waals surface area contributed by atoms with Gasteiger partial charge in [-0.3, -0.25) is 4.79 Å². The van der Waals surface area contributed by atoms with Crippen LogP contribution in [0.1, 0.15) is 23.8 Å². The number of amides is 1. The zero-order valence-corrected chi connectivity index (χ0v) is 11.3. The Balaban J connectivity index is 2.42. The molecule has 0 saturated heterocycles. The molecule has 7 nitrogen and oxygen atoms in total. The first-order chi connectivity index (χ1) is 9.67. The van der Waals surface area contributed by atoms with E-state index in [4.69, 9.17) is 15.2 Å². The van der Waals surface area contributed by atoms with Crippen molar-refractivity contribution in [1.82, 2.24) is 15.4 Å². The van der Waals surface area contributed by atoms with Crippen molar-refractivity contribution in [3.8, 4) is 22.8 Å². The molecular formula is C13H16N4O3. The van der Waals surface area contributed by atoms with Crippen molar-refractivity contribution in [2.45, 2.75) is 13.3 Å². The van der Waals surface area contributed by atoms with Crippen LogP contribution in [0.15, 0.2) is 18.2 Å². The van der Waals surface area contributed by atoms with Gasteiger partial charge in [-0.15, -0.1) is 0 Å². The molecule has 0 aliphatic rings. The van der Waals surface area contributed by atoms with E-state index in [2.05, 4.69) is 15.4 Å². The zero-order chi connectivity index (χ0) is 14.5. The standard InChI is InChI=1S/C13H16N4O3/c1-3-6-20-10-7-8(4-5-9(10)19-2)11-12(13(14)18)16-17-15-11/h4-5,7H,3,6H2,1-2H3,(H2,14,18)(H,15,16,17). The number of hydrogen-bond donors (Lipinski definition) is 2. The first-order valence-corrected chi connectivity index (χ1v) is 6.19. The molecule has 1 aromatic carbocycles. The van der Waals surface area contributed by atoms with Crippen molar-refractivity contribution in [2.75, 3.05) is 13.7 Å². The van der Waals surface area contributed by atoms with Crippen LogP contribution < -0.4 is 15.2 Å². The Morgan fingerprint density at radius 2 is 2.15 bits per heavy atom. The first-order valence-electron chi connectivity index (χ1n) is 6.19. The minimum atomic E-state index is -0.638. The highest BCUT2D eigenvalue weighted by Gasteiger charge is 2.17. The number of primary amides is 1. The molecule has 1 aromatic heterocycles. The molecule has 1 amide bonds. The number of carbonyl (C=O) groups excluding carboxylic acids is 1. The summed E-state index contributed by atoms with van der Waals surface area (Å²) in [5.74, 6) is 0.567. The van der Waals surface area contributed by atoms with Gasteiger partial charge in [0.15, 0.2) is 17.2 Å². The van der Waals surface area contributed by atoms with Gasteiger partial charge in [0.1, 0.15) is 5.69 Å². The third-order valence-corrected chi connectivity index (χ3v) is 2.68. The van der Waals surface area contributed by atoms with E-state index < -0.39 is 5.91 Å². The lowest BCUT2D eigenvalue weighted by Gasteiger charge is -2.11. The van der Waals surface area contributed by atoms with Crippen molar-refractivity contribution < 1.29 is 14.3 Å². The second kappa shape index (κ2) is 6.05. The van der Waals surface area contributed by atoms with E-state index in [1.165, 1.54) is 0 Å². The molecule has 2 rings (SSSR count). The monoisotopic (exact) mass is 276 g/mol. The number of H-pyrrole nitrogens is 1. The fourth-order valence-electron chi connectivity index (χ4n) is 1.75. The first kappa shape index (κ1) is 13.9. The van der Waals surface area contributed by atoms with Crippen LogP contribution in [0.25, 0.3) is 11.3 Å². The largest absolute Gasteiger partial charge is 0.493 e. The van der Waals surface area contributed by atoms with Gasteiger partial charge in [0.2, 0.25) is 0 Å². The van der Waals surface area contributed by atoms with Crippen LogP contribution in [0.4, 0.5) is 0 Å². The highest BCUT2D eigenvalue weighted by Crippen LogP contribution is 2.32. The van der Waals surface area contributed by atoms with Crippen LogP contribution in [0.5, 0.6) is 11.5 Å². The van der Waals surface area contributed by atoms with Gasteiger partial charge in [-0.1, -0.05) is 6.92 Å². The quantitative estimate of drug-likeness (QED) is 0.829. The number of aromatic amines is 1. The molecule has 0 fully saturated rings. The van der Waals surface area contributed by atoms with Crippen LogP contribution in [-0.2, 0) is 0 Å². The predicted octanol–water partition coefficient (Wildman–Crippen LogP) is 1.37. The molecule has 3 N–H and O–H groups in total. The molecule has 1 heterocycles. The smallest absolute Gasteiger partial charge is 0.271 e. The van der Waals surface area contributed by atoms with Gasteiger partial charge in [0.25, 0.3) is 5.91 Å². The Labute approximate surface area is 116 Å². The summed E-state index contributed by atoms with van der Waals surface area (Å²) in [5.41, 5.74) is 6.42. The molecular weight excluding hydrogens is 260 g/mol. The van der Waals surface area contributed by atoms with Crippen molar-refractivity contribution in [2.24, 2.45) is 5.73 Å². The Kier molecular flexibility index (Phi) is 4.19. The van der Waals surface area contributed by atoms with E-state index in [1.807, 2.05) is 6.92 Å². The topological polar surface area (TPSA) is 103 Å². The van der Waals surface area contributed by atoms with Crippen LogP contribution >= 0.6 is 0 Å². The Morgan fingerprint density at radius 3 is 2.80 bits per heavy atom. The normalized spacial score (nSPS) is 10.3. The molecule has 0 aliphatic carbocycles. The van der Waals surface area contributed by atoms with Crippen LogP contribution in [0.3, 0.4) is 0 Å². The van der Waals surface area contributed by atoms with E-state index in [1.54, 1.807) is 25.3 Å². The van der Waals surface area contributed by atoms with E-state index in [0.717, 1.165) is 6.42 Å². The number of rotatable bonds is 6. The van der Waals surface area contributed by atoms with Crippen LogP contribution in [0, 0.1) is 0 Å². The molecule has 7 heteroatoms. The van der Waals surface area contributed by atoms with Crippen molar-refractivity contribution in [1.29, 1.82) is 0 Å². The van der Waals surface area contributed by atoms with Crippen molar-refractivity contribution in [3.05, 3.63) is 23.9 Å². The number of methoxy groups -OCH3 is 1. The third-order valence-electron chi connectivity index (χ3n) is 2.68. The van der Waals surface area contributed by atoms with Gasteiger partial charge in [-0.2, -0.15) is 15.4 Å². The highest BCUT2D eigenvalue weighted by atomic mass is 16.5. The van der Waals surface area contributed by atoms with Gasteiger partial charge in [0.05, 0.1) is 13.7 Å². The molecule has 0 radical (unpaired) electrons. The molecule has 0 unspecified atom stereocenters. The Hall–Kier alpha value is -2.57. The number of benzene rings is 1. The van der Waals surface area contributed by atoms with Gasteiger partial charge >= 0.3 is 0 Å². The number of carbonyl (C=O) groups is 1. The minimum Gasteiger partial charge on any atom is -0.493 e. The number of nitrogens with two attached hydrogens (primary N) is 1. The van der Waals surface area contributed by atoms with Gasteiger partial charge in [-0.25, -0.2) is 0 Å². The molecule has 0 saturated carbocycles. The van der Waals surface area contributed by atoms with Crippen molar-refractivity contribution >= 4 is 5.91 Å². The van der Waals surface area contributed by atoms with E-state index in [9.17, 15) is 4.79 Å². The number of nitrogens with zero attached hydrogens (tertiary/aromatic N) is 2. The maximum Gasteiger partial charge on any atom is 0.271 e. The van der Waals surface area contributed by atoms with Gasteiger partial charge in [-0.05, 0) is 24.6 Å². The summed E-state index contributed by atoms with van der Waals surface area (Å²) in [6, 6.07) is 5.26. The highest BCUT2D eigenvalue weighted by molar-refractivity contribution is 5.96. The van der Waals surface area contributed by atoms with Crippen molar-refractivity contribution in [3.63, 3.8) is 0 Å². The molecule has 0 atom stereocenters. The summed E-state index contributed by atoms with van der Waals surface area (Å²) in [7, 11) is 1.57. The summed E-state index contributed by atoms with van der Waals surface area (Å²) in [5, 5.41) is 10.1. The van der Waals surface area contributed by atoms with E-state index >= 15 is 0 Å². The second-order valence-electron chi connectivity index (χ2n) is 4.10. The molecule has 20 heavy (non-hydrogen) atoms. The Bertz CT molecular complexity index is 609. The molecule has 106 valence electrons. The van der Waals surface area contributed by atoms with Crippen LogP contribution in [-0.4, -0.2) is 35.0 Å². The summed E-state index contributed by atoms with van der Waals surface area (Å²) >= 11 is 0. The summed E-state index contributed by atoms with van der Waals surface area (Å²) < 4.78 is 10.8. The lowest BCUT2D eigenvalue weighted by atomic mass is 10.1. The molecule has 0 spiro atoms. The molecule has 2 aromatic rings. The average molecular weight is 276 g/mol. The predicted molar refractivity (Wildman–Crippen MR) is 72.7 cm³/mol. The lowest BCUT2D eigenvalue weighted by Crippen LogP contribution is -2.12. The van der Waals surface area contributed by atoms with Gasteiger partial charge < -0.3 is 15.2 Å². The molecule has 0 bridgehead atoms. The zero-order valence-electron chi connectivity index (χ0n) is 11.3. The number of hydrogen-bond acceptors (Lipinski definition) is 5. The third kappa shape index (κ3) is 2.71. The number of aromatic nitrogens is 3. The minimum absolute atomic E-state index is 0.0941. The fraction of sp³-hybridized carbons (Fsp3) is 0.308. The van der Waals surface area contributed by atoms with E-state index in [-0.39, 0.29) is 5.69 Å². The second-order valence-corrected chi connectivity index (χ2v) is 4.10. The number of nitrogens with one attached hydrogen (secondary N) is 1.